The van der Waals surface area contributed by atoms with E-state index in [0.29, 0.717) is 0 Å². The fourth-order valence-corrected chi connectivity index (χ4v) is 2.30. The van der Waals surface area contributed by atoms with Gasteiger partial charge in [-0.1, -0.05) is 60.2 Å². The Balaban J connectivity index is 2.09. The number of nitrogens with two attached hydrogens (primary N) is 1. The van der Waals surface area contributed by atoms with Crippen LogP contribution in [0.4, 0.5) is 0 Å². The van der Waals surface area contributed by atoms with E-state index >= 15 is 0 Å². The molecule has 0 spiro atoms. The number of aryl methyl sites for hydroxylation is 1. The summed E-state index contributed by atoms with van der Waals surface area (Å²) in [7, 11) is 1.71. The molecule has 0 aliphatic rings. The monoisotopic (exact) mass is 255 g/mol. The number of hydrogen-bond acceptors (Lipinski definition) is 2. The van der Waals surface area contributed by atoms with Crippen molar-refractivity contribution in [3.05, 3.63) is 71.3 Å². The summed E-state index contributed by atoms with van der Waals surface area (Å²) in [5.74, 6) is 0. The van der Waals surface area contributed by atoms with Crippen LogP contribution in [0, 0.1) is 6.92 Å². The largest absolute Gasteiger partial charge is 0.375 e. The Morgan fingerprint density at radius 2 is 1.63 bits per heavy atom. The Labute approximate surface area is 115 Å². The van der Waals surface area contributed by atoms with Crippen LogP contribution in [0.2, 0.25) is 0 Å². The van der Waals surface area contributed by atoms with Crippen LogP contribution in [0.1, 0.15) is 22.8 Å². The molecule has 0 aliphatic heterocycles. The van der Waals surface area contributed by atoms with Gasteiger partial charge < -0.3 is 10.5 Å². The standard InChI is InChI=1S/C17H21NO/c1-13-8-10-14(11-9-13)12-16(18)17(19-2)15-6-4-3-5-7-15/h3-11,16-17H,12,18H2,1-2H3. The number of rotatable bonds is 5. The smallest absolute Gasteiger partial charge is 0.0975 e. The molecule has 0 saturated carbocycles. The summed E-state index contributed by atoms with van der Waals surface area (Å²) in [6, 6.07) is 18.6. The van der Waals surface area contributed by atoms with E-state index in [1.54, 1.807) is 7.11 Å². The average molecular weight is 255 g/mol. The van der Waals surface area contributed by atoms with E-state index in [4.69, 9.17) is 10.5 Å². The van der Waals surface area contributed by atoms with Crippen LogP contribution in [-0.2, 0) is 11.2 Å². The third-order valence-corrected chi connectivity index (χ3v) is 3.36. The highest BCUT2D eigenvalue weighted by molar-refractivity contribution is 5.24. The third kappa shape index (κ3) is 3.66. The molecular formula is C17H21NO. The second-order valence-electron chi connectivity index (χ2n) is 4.92. The molecule has 2 rings (SSSR count). The van der Waals surface area contributed by atoms with Gasteiger partial charge in [-0.05, 0) is 24.5 Å². The molecule has 19 heavy (non-hydrogen) atoms. The van der Waals surface area contributed by atoms with E-state index in [1.807, 2.05) is 18.2 Å². The Bertz CT molecular complexity index is 492. The fraction of sp³-hybridized carbons (Fsp3) is 0.294. The lowest BCUT2D eigenvalue weighted by Crippen LogP contribution is -2.31. The molecule has 0 amide bonds. The summed E-state index contributed by atoms with van der Waals surface area (Å²) in [4.78, 5) is 0. The highest BCUT2D eigenvalue weighted by atomic mass is 16.5. The van der Waals surface area contributed by atoms with E-state index in [1.165, 1.54) is 11.1 Å². The maximum Gasteiger partial charge on any atom is 0.0975 e. The van der Waals surface area contributed by atoms with Crippen LogP contribution in [-0.4, -0.2) is 13.2 Å². The quantitative estimate of drug-likeness (QED) is 0.890. The fourth-order valence-electron chi connectivity index (χ4n) is 2.30. The Morgan fingerprint density at radius 3 is 2.21 bits per heavy atom. The second kappa shape index (κ2) is 6.50. The van der Waals surface area contributed by atoms with E-state index in [9.17, 15) is 0 Å². The first kappa shape index (κ1) is 13.8. The number of hydrogen-bond donors (Lipinski definition) is 1. The first-order chi connectivity index (χ1) is 9.20. The molecule has 2 atom stereocenters. The van der Waals surface area contributed by atoms with Gasteiger partial charge in [-0.25, -0.2) is 0 Å². The molecule has 2 aromatic rings. The maximum absolute atomic E-state index is 6.31. The lowest BCUT2D eigenvalue weighted by atomic mass is 9.96. The summed E-state index contributed by atoms with van der Waals surface area (Å²) in [5, 5.41) is 0. The first-order valence-corrected chi connectivity index (χ1v) is 6.59. The van der Waals surface area contributed by atoms with Gasteiger partial charge in [-0.3, -0.25) is 0 Å². The predicted octanol–water partition coefficient (Wildman–Crippen LogP) is 3.25. The van der Waals surface area contributed by atoms with Crippen molar-refractivity contribution in [2.24, 2.45) is 5.73 Å². The van der Waals surface area contributed by atoms with Crippen molar-refractivity contribution < 1.29 is 4.74 Å². The Hall–Kier alpha value is -1.64. The summed E-state index contributed by atoms with van der Waals surface area (Å²) in [6.07, 6.45) is 0.746. The number of benzene rings is 2. The minimum atomic E-state index is -0.0671. The van der Waals surface area contributed by atoms with Gasteiger partial charge in [-0.15, -0.1) is 0 Å². The van der Waals surface area contributed by atoms with Gasteiger partial charge in [0.25, 0.3) is 0 Å². The van der Waals surface area contributed by atoms with Gasteiger partial charge in [0.1, 0.15) is 0 Å². The summed E-state index contributed by atoms with van der Waals surface area (Å²) in [6.45, 7) is 2.09. The van der Waals surface area contributed by atoms with Crippen LogP contribution >= 0.6 is 0 Å². The molecular weight excluding hydrogens is 234 g/mol. The van der Waals surface area contributed by atoms with Crippen molar-refractivity contribution in [1.29, 1.82) is 0 Å². The van der Waals surface area contributed by atoms with Crippen LogP contribution in [0.5, 0.6) is 0 Å². The van der Waals surface area contributed by atoms with Crippen molar-refractivity contribution in [2.75, 3.05) is 7.11 Å². The predicted molar refractivity (Wildman–Crippen MR) is 79.1 cm³/mol. The molecule has 0 aliphatic carbocycles. The van der Waals surface area contributed by atoms with E-state index < -0.39 is 0 Å². The summed E-state index contributed by atoms with van der Waals surface area (Å²) < 4.78 is 5.57. The summed E-state index contributed by atoms with van der Waals surface area (Å²) in [5.41, 5.74) is 9.95. The molecule has 2 nitrogen and oxygen atoms in total. The second-order valence-corrected chi connectivity index (χ2v) is 4.92. The van der Waals surface area contributed by atoms with Gasteiger partial charge in [0.15, 0.2) is 0 Å². The molecule has 0 bridgehead atoms. The van der Waals surface area contributed by atoms with Crippen molar-refractivity contribution in [2.45, 2.75) is 25.5 Å². The zero-order valence-electron chi connectivity index (χ0n) is 11.5. The Kier molecular flexibility index (Phi) is 4.72. The SMILES string of the molecule is COC(c1ccccc1)C(N)Cc1ccc(C)cc1. The molecule has 2 aromatic carbocycles. The Morgan fingerprint density at radius 1 is 1.00 bits per heavy atom. The molecule has 0 radical (unpaired) electrons. The maximum atomic E-state index is 6.31. The van der Waals surface area contributed by atoms with Gasteiger partial charge in [0.05, 0.1) is 6.10 Å². The van der Waals surface area contributed by atoms with Gasteiger partial charge in [-0.2, -0.15) is 0 Å². The molecule has 0 heterocycles. The number of methoxy groups -OCH3 is 1. The third-order valence-electron chi connectivity index (χ3n) is 3.36. The van der Waals surface area contributed by atoms with Crippen molar-refractivity contribution in [1.82, 2.24) is 0 Å². The van der Waals surface area contributed by atoms with Crippen LogP contribution in [0.15, 0.2) is 54.6 Å². The average Bonchev–Trinajstić information content (AvgIpc) is 2.43. The number of ether oxygens (including phenoxy) is 1. The van der Waals surface area contributed by atoms with Crippen LogP contribution in [0.25, 0.3) is 0 Å². The zero-order chi connectivity index (χ0) is 13.7. The summed E-state index contributed by atoms with van der Waals surface area (Å²) >= 11 is 0. The molecule has 0 fully saturated rings. The van der Waals surface area contributed by atoms with Gasteiger partial charge >= 0.3 is 0 Å². The van der Waals surface area contributed by atoms with E-state index in [0.717, 1.165) is 12.0 Å². The first-order valence-electron chi connectivity index (χ1n) is 6.59. The zero-order valence-corrected chi connectivity index (χ0v) is 11.5. The molecule has 2 unspecified atom stereocenters. The lowest BCUT2D eigenvalue weighted by molar-refractivity contribution is 0.0803. The topological polar surface area (TPSA) is 35.2 Å². The highest BCUT2D eigenvalue weighted by Gasteiger charge is 2.19. The molecule has 2 heteroatoms. The van der Waals surface area contributed by atoms with Crippen LogP contribution < -0.4 is 5.73 Å². The molecule has 0 aromatic heterocycles. The minimum Gasteiger partial charge on any atom is -0.375 e. The lowest BCUT2D eigenvalue weighted by Gasteiger charge is -2.23. The molecule has 0 saturated heterocycles. The molecule has 2 N–H and O–H groups in total. The van der Waals surface area contributed by atoms with Crippen molar-refractivity contribution in [3.63, 3.8) is 0 Å². The minimum absolute atomic E-state index is 0.0462. The van der Waals surface area contributed by atoms with Crippen molar-refractivity contribution in [3.8, 4) is 0 Å². The van der Waals surface area contributed by atoms with Gasteiger partial charge in [0.2, 0.25) is 0 Å². The normalized spacial score (nSPS) is 14.1. The van der Waals surface area contributed by atoms with E-state index in [2.05, 4.69) is 43.3 Å². The van der Waals surface area contributed by atoms with Crippen molar-refractivity contribution >= 4 is 0 Å². The van der Waals surface area contributed by atoms with Crippen LogP contribution in [0.3, 0.4) is 0 Å². The molecule has 100 valence electrons. The van der Waals surface area contributed by atoms with Gasteiger partial charge in [0, 0.05) is 13.2 Å². The van der Waals surface area contributed by atoms with E-state index in [-0.39, 0.29) is 12.1 Å². The highest BCUT2D eigenvalue weighted by Crippen LogP contribution is 2.21.